The van der Waals surface area contributed by atoms with E-state index in [1.807, 2.05) is 42.6 Å². The average Bonchev–Trinajstić information content (AvgIpc) is 2.69. The molecule has 0 spiro atoms. The van der Waals surface area contributed by atoms with Crippen LogP contribution in [0.25, 0.3) is 17.0 Å². The third kappa shape index (κ3) is 3.16. The van der Waals surface area contributed by atoms with Gasteiger partial charge in [-0.15, -0.1) is 0 Å². The van der Waals surface area contributed by atoms with Crippen molar-refractivity contribution in [1.82, 2.24) is 9.97 Å². The van der Waals surface area contributed by atoms with Gasteiger partial charge in [-0.25, -0.2) is 9.97 Å². The van der Waals surface area contributed by atoms with Gasteiger partial charge in [0, 0.05) is 17.2 Å². The summed E-state index contributed by atoms with van der Waals surface area (Å²) in [7, 11) is 0. The van der Waals surface area contributed by atoms with Crippen LogP contribution in [0.1, 0.15) is 19.5 Å². The van der Waals surface area contributed by atoms with E-state index in [0.29, 0.717) is 0 Å². The van der Waals surface area contributed by atoms with Crippen LogP contribution in [-0.4, -0.2) is 9.97 Å². The van der Waals surface area contributed by atoms with Gasteiger partial charge in [0.2, 0.25) is 0 Å². The number of hydrogen-bond donors (Lipinski definition) is 0. The molecule has 0 unspecified atom stereocenters. The first-order chi connectivity index (χ1) is 10.1. The van der Waals surface area contributed by atoms with Gasteiger partial charge in [-0.1, -0.05) is 74.6 Å². The summed E-state index contributed by atoms with van der Waals surface area (Å²) in [5.41, 5.74) is 3.17. The minimum atomic E-state index is 0.0769. The minimum absolute atomic E-state index is 0.0769. The lowest BCUT2D eigenvalue weighted by Gasteiger charge is -2.12. The molecule has 0 bridgehead atoms. The largest absolute Gasteiger partial charge is 0.237 e. The average molecular weight is 274 g/mol. The number of rotatable bonds is 2. The molecular formula is C19H18N2. The SMILES string of the molecule is CC1(C)C=CC=C(c2ccnc(-c3ccccc3)n2)C=C1. The molecule has 2 aromatic rings. The molecule has 0 amide bonds. The van der Waals surface area contributed by atoms with Crippen LogP contribution in [0.2, 0.25) is 0 Å². The van der Waals surface area contributed by atoms with Crippen LogP contribution < -0.4 is 0 Å². The Kier molecular flexibility index (Phi) is 3.53. The third-order valence-electron chi connectivity index (χ3n) is 3.48. The van der Waals surface area contributed by atoms with E-state index in [1.165, 1.54) is 0 Å². The first-order valence-electron chi connectivity index (χ1n) is 7.12. The van der Waals surface area contributed by atoms with Crippen LogP contribution >= 0.6 is 0 Å². The molecule has 3 rings (SSSR count). The van der Waals surface area contributed by atoms with E-state index in [2.05, 4.69) is 49.2 Å². The quantitative estimate of drug-likeness (QED) is 0.794. The predicted octanol–water partition coefficient (Wildman–Crippen LogP) is 4.68. The zero-order chi connectivity index (χ0) is 14.7. The number of hydrogen-bond acceptors (Lipinski definition) is 2. The normalized spacial score (nSPS) is 16.4. The number of allylic oxidation sites excluding steroid dienone is 6. The van der Waals surface area contributed by atoms with Crippen LogP contribution in [0, 0.1) is 5.41 Å². The Balaban J connectivity index is 1.98. The molecule has 1 heterocycles. The second-order valence-electron chi connectivity index (χ2n) is 5.77. The zero-order valence-electron chi connectivity index (χ0n) is 12.3. The summed E-state index contributed by atoms with van der Waals surface area (Å²) >= 11 is 0. The van der Waals surface area contributed by atoms with Crippen LogP contribution in [0.3, 0.4) is 0 Å². The lowest BCUT2D eigenvalue weighted by molar-refractivity contribution is 0.627. The van der Waals surface area contributed by atoms with Gasteiger partial charge in [-0.2, -0.15) is 0 Å². The molecular weight excluding hydrogens is 256 g/mol. The van der Waals surface area contributed by atoms with Crippen molar-refractivity contribution >= 4 is 5.57 Å². The smallest absolute Gasteiger partial charge is 0.159 e. The molecule has 0 N–H and O–H groups in total. The molecule has 0 saturated carbocycles. The number of nitrogens with zero attached hydrogens (tertiary/aromatic N) is 2. The fourth-order valence-electron chi connectivity index (χ4n) is 2.23. The fraction of sp³-hybridized carbons (Fsp3) is 0.158. The second-order valence-corrected chi connectivity index (χ2v) is 5.77. The van der Waals surface area contributed by atoms with Crippen molar-refractivity contribution in [2.24, 2.45) is 5.41 Å². The first kappa shape index (κ1) is 13.5. The summed E-state index contributed by atoms with van der Waals surface area (Å²) in [5.74, 6) is 0.759. The van der Waals surface area contributed by atoms with E-state index in [1.54, 1.807) is 0 Å². The summed E-state index contributed by atoms with van der Waals surface area (Å²) in [6.45, 7) is 4.37. The molecule has 0 atom stereocenters. The molecule has 1 aliphatic carbocycles. The van der Waals surface area contributed by atoms with Gasteiger partial charge in [-0.05, 0) is 11.6 Å². The van der Waals surface area contributed by atoms with E-state index < -0.39 is 0 Å². The summed E-state index contributed by atoms with van der Waals surface area (Å²) in [6.07, 6.45) is 12.5. The Morgan fingerprint density at radius 1 is 0.952 bits per heavy atom. The summed E-state index contributed by atoms with van der Waals surface area (Å²) in [6, 6.07) is 12.0. The highest BCUT2D eigenvalue weighted by Gasteiger charge is 2.12. The maximum absolute atomic E-state index is 4.69. The highest BCUT2D eigenvalue weighted by atomic mass is 14.9. The molecule has 1 aliphatic rings. The van der Waals surface area contributed by atoms with E-state index in [-0.39, 0.29) is 5.41 Å². The molecule has 0 aliphatic heterocycles. The number of benzene rings is 1. The summed E-state index contributed by atoms with van der Waals surface area (Å²) in [5, 5.41) is 0. The van der Waals surface area contributed by atoms with E-state index >= 15 is 0 Å². The van der Waals surface area contributed by atoms with Crippen molar-refractivity contribution in [3.05, 3.63) is 78.7 Å². The Morgan fingerprint density at radius 3 is 2.57 bits per heavy atom. The topological polar surface area (TPSA) is 25.8 Å². The summed E-state index contributed by atoms with van der Waals surface area (Å²) < 4.78 is 0. The van der Waals surface area contributed by atoms with Crippen molar-refractivity contribution in [2.45, 2.75) is 13.8 Å². The van der Waals surface area contributed by atoms with E-state index in [9.17, 15) is 0 Å². The molecule has 1 aromatic carbocycles. The molecule has 1 aromatic heterocycles. The van der Waals surface area contributed by atoms with Crippen molar-refractivity contribution in [3.63, 3.8) is 0 Å². The van der Waals surface area contributed by atoms with Gasteiger partial charge < -0.3 is 0 Å². The lowest BCUT2D eigenvalue weighted by atomic mass is 9.93. The Bertz CT molecular complexity index is 722. The zero-order valence-corrected chi connectivity index (χ0v) is 12.3. The highest BCUT2D eigenvalue weighted by Crippen LogP contribution is 2.26. The Hall–Kier alpha value is -2.48. The lowest BCUT2D eigenvalue weighted by Crippen LogP contribution is -2.00. The van der Waals surface area contributed by atoms with Gasteiger partial charge in [0.15, 0.2) is 5.82 Å². The van der Waals surface area contributed by atoms with Crippen LogP contribution in [0.15, 0.2) is 73.0 Å². The third-order valence-corrected chi connectivity index (χ3v) is 3.48. The molecule has 104 valence electrons. The van der Waals surface area contributed by atoms with E-state index in [4.69, 9.17) is 4.98 Å². The number of aromatic nitrogens is 2. The van der Waals surface area contributed by atoms with Crippen LogP contribution in [0.4, 0.5) is 0 Å². The molecule has 0 radical (unpaired) electrons. The Morgan fingerprint density at radius 2 is 1.76 bits per heavy atom. The van der Waals surface area contributed by atoms with Crippen LogP contribution in [-0.2, 0) is 0 Å². The standard InChI is InChI=1S/C19H18N2/c1-19(2)12-6-9-15(10-13-19)17-11-14-20-18(21-17)16-7-4-3-5-8-16/h3-14H,1-2H3. The van der Waals surface area contributed by atoms with Gasteiger partial charge in [0.1, 0.15) is 0 Å². The van der Waals surface area contributed by atoms with Gasteiger partial charge in [-0.3, -0.25) is 0 Å². The summed E-state index contributed by atoms with van der Waals surface area (Å²) in [4.78, 5) is 9.07. The maximum Gasteiger partial charge on any atom is 0.159 e. The maximum atomic E-state index is 4.69. The molecule has 2 heteroatoms. The van der Waals surface area contributed by atoms with Gasteiger partial charge in [0.05, 0.1) is 5.69 Å². The van der Waals surface area contributed by atoms with Crippen molar-refractivity contribution in [3.8, 4) is 11.4 Å². The first-order valence-corrected chi connectivity index (χ1v) is 7.12. The van der Waals surface area contributed by atoms with Crippen LogP contribution in [0.5, 0.6) is 0 Å². The Labute approximate surface area is 125 Å². The molecule has 2 nitrogen and oxygen atoms in total. The second kappa shape index (κ2) is 5.49. The molecule has 21 heavy (non-hydrogen) atoms. The minimum Gasteiger partial charge on any atom is -0.237 e. The fourth-order valence-corrected chi connectivity index (χ4v) is 2.23. The molecule has 0 saturated heterocycles. The highest BCUT2D eigenvalue weighted by molar-refractivity contribution is 5.74. The monoisotopic (exact) mass is 274 g/mol. The van der Waals surface area contributed by atoms with Gasteiger partial charge >= 0.3 is 0 Å². The van der Waals surface area contributed by atoms with Crippen molar-refractivity contribution in [2.75, 3.05) is 0 Å². The predicted molar refractivity (Wildman–Crippen MR) is 87.5 cm³/mol. The molecule has 0 fully saturated rings. The van der Waals surface area contributed by atoms with E-state index in [0.717, 1.165) is 22.7 Å². The van der Waals surface area contributed by atoms with Gasteiger partial charge in [0.25, 0.3) is 0 Å². The van der Waals surface area contributed by atoms with Crippen molar-refractivity contribution in [1.29, 1.82) is 0 Å². The van der Waals surface area contributed by atoms with Crippen molar-refractivity contribution < 1.29 is 0 Å².